The van der Waals surface area contributed by atoms with Crippen LogP contribution in [0, 0.1) is 19.8 Å². The van der Waals surface area contributed by atoms with E-state index in [1.807, 2.05) is 24.8 Å². The Kier molecular flexibility index (Phi) is 7.08. The van der Waals surface area contributed by atoms with Crippen molar-refractivity contribution < 1.29 is 27.9 Å². The molecule has 1 unspecified atom stereocenters. The van der Waals surface area contributed by atoms with Gasteiger partial charge in [-0.1, -0.05) is 6.07 Å². The van der Waals surface area contributed by atoms with Crippen LogP contribution in [0.25, 0.3) is 0 Å². The fourth-order valence-corrected chi connectivity index (χ4v) is 5.22. The van der Waals surface area contributed by atoms with E-state index < -0.39 is 16.0 Å². The maximum absolute atomic E-state index is 13.1. The van der Waals surface area contributed by atoms with Gasteiger partial charge in [0.15, 0.2) is 0 Å². The molecule has 0 aromatic heterocycles. The van der Waals surface area contributed by atoms with Crippen molar-refractivity contribution in [2.75, 3.05) is 29.3 Å². The van der Waals surface area contributed by atoms with Gasteiger partial charge in [0.2, 0.25) is 0 Å². The van der Waals surface area contributed by atoms with Gasteiger partial charge >= 0.3 is 11.9 Å². The summed E-state index contributed by atoms with van der Waals surface area (Å²) in [7, 11) is -3.96. The van der Waals surface area contributed by atoms with E-state index >= 15 is 0 Å². The predicted molar refractivity (Wildman–Crippen MR) is 122 cm³/mol. The summed E-state index contributed by atoms with van der Waals surface area (Å²) in [5, 5.41) is 9.42. The molecule has 0 radical (unpaired) electrons. The van der Waals surface area contributed by atoms with E-state index in [0.717, 1.165) is 17.5 Å². The zero-order valence-electron chi connectivity index (χ0n) is 18.4. The van der Waals surface area contributed by atoms with Crippen molar-refractivity contribution in [1.29, 1.82) is 0 Å². The highest BCUT2D eigenvalue weighted by molar-refractivity contribution is 7.92. The average molecular weight is 461 g/mol. The molecule has 2 aromatic rings. The van der Waals surface area contributed by atoms with Gasteiger partial charge in [0.25, 0.3) is 10.0 Å². The molecule has 172 valence electrons. The summed E-state index contributed by atoms with van der Waals surface area (Å²) in [6.07, 6.45) is 1.42. The second-order valence-electron chi connectivity index (χ2n) is 8.00. The zero-order chi connectivity index (χ0) is 23.5. The minimum Gasteiger partial charge on any atom is -0.478 e. The summed E-state index contributed by atoms with van der Waals surface area (Å²) < 4.78 is 34.0. The van der Waals surface area contributed by atoms with Crippen molar-refractivity contribution in [2.24, 2.45) is 5.92 Å². The van der Waals surface area contributed by atoms with Gasteiger partial charge in [-0.05, 0) is 75.1 Å². The number of ether oxygens (including phenoxy) is 1. The molecule has 2 aromatic carbocycles. The molecule has 1 fully saturated rings. The van der Waals surface area contributed by atoms with Crippen molar-refractivity contribution in [3.8, 4) is 0 Å². The predicted octanol–water partition coefficient (Wildman–Crippen LogP) is 3.58. The number of piperidine rings is 1. The lowest BCUT2D eigenvalue weighted by Crippen LogP contribution is -2.39. The van der Waals surface area contributed by atoms with Crippen molar-refractivity contribution >= 4 is 33.3 Å². The zero-order valence-corrected chi connectivity index (χ0v) is 19.2. The van der Waals surface area contributed by atoms with Crippen LogP contribution in [0.5, 0.6) is 0 Å². The van der Waals surface area contributed by atoms with Gasteiger partial charge in [-0.25, -0.2) is 13.2 Å². The first-order chi connectivity index (χ1) is 15.1. The molecule has 1 heterocycles. The first-order valence-corrected chi connectivity index (χ1v) is 12.0. The number of hydrogen-bond donors (Lipinski definition) is 2. The van der Waals surface area contributed by atoms with E-state index in [1.54, 1.807) is 25.1 Å². The number of anilines is 2. The molecule has 1 aliphatic heterocycles. The second-order valence-corrected chi connectivity index (χ2v) is 9.69. The highest BCUT2D eigenvalue weighted by atomic mass is 32.2. The van der Waals surface area contributed by atoms with Gasteiger partial charge in [-0.2, -0.15) is 0 Å². The molecule has 0 aliphatic carbocycles. The Bertz CT molecular complexity index is 1110. The number of sulfonamides is 1. The van der Waals surface area contributed by atoms with Crippen molar-refractivity contribution in [2.45, 2.75) is 38.5 Å². The number of nitrogens with one attached hydrogen (secondary N) is 1. The molecule has 9 heteroatoms. The Balaban J connectivity index is 1.98. The number of carboxylic acids is 1. The molecule has 0 spiro atoms. The largest absolute Gasteiger partial charge is 0.478 e. The number of hydrogen-bond acceptors (Lipinski definition) is 6. The smallest absolute Gasteiger partial charge is 0.335 e. The van der Waals surface area contributed by atoms with Crippen molar-refractivity contribution in [3.63, 3.8) is 0 Å². The first-order valence-electron chi connectivity index (χ1n) is 10.5. The summed E-state index contributed by atoms with van der Waals surface area (Å²) in [4.78, 5) is 25.8. The topological polar surface area (TPSA) is 113 Å². The van der Waals surface area contributed by atoms with E-state index in [0.29, 0.717) is 31.8 Å². The molecular formula is C23H28N2O6S. The minimum absolute atomic E-state index is 0.0363. The van der Waals surface area contributed by atoms with Crippen LogP contribution in [0.1, 0.15) is 41.3 Å². The number of rotatable bonds is 7. The highest BCUT2D eigenvalue weighted by Gasteiger charge is 2.29. The third-order valence-electron chi connectivity index (χ3n) is 5.38. The Morgan fingerprint density at radius 2 is 1.84 bits per heavy atom. The summed E-state index contributed by atoms with van der Waals surface area (Å²) in [6.45, 7) is 6.65. The Morgan fingerprint density at radius 3 is 2.47 bits per heavy atom. The van der Waals surface area contributed by atoms with E-state index in [2.05, 4.69) is 4.72 Å². The maximum atomic E-state index is 13.1. The second kappa shape index (κ2) is 9.60. The van der Waals surface area contributed by atoms with E-state index in [-0.39, 0.29) is 28.0 Å². The number of carbonyl (C=O) groups excluding carboxylic acids is 1. The lowest BCUT2D eigenvalue weighted by molar-refractivity contribution is -0.148. The molecule has 1 aliphatic rings. The van der Waals surface area contributed by atoms with Gasteiger partial charge in [0.05, 0.1) is 34.4 Å². The van der Waals surface area contributed by atoms with Crippen molar-refractivity contribution in [3.05, 3.63) is 53.1 Å². The minimum atomic E-state index is -3.96. The summed E-state index contributed by atoms with van der Waals surface area (Å²) >= 11 is 0. The maximum Gasteiger partial charge on any atom is 0.335 e. The highest BCUT2D eigenvalue weighted by Crippen LogP contribution is 2.33. The third-order valence-corrected chi connectivity index (χ3v) is 6.72. The van der Waals surface area contributed by atoms with Gasteiger partial charge in [0.1, 0.15) is 0 Å². The fraction of sp³-hybridized carbons (Fsp3) is 0.391. The van der Waals surface area contributed by atoms with Crippen LogP contribution in [-0.4, -0.2) is 45.2 Å². The SMILES string of the molecule is CCOC(=O)C1CCCN(c2ccc(C(=O)O)cc2NS(=O)(=O)c2cc(C)cc(C)c2)C1. The van der Waals surface area contributed by atoms with Gasteiger partial charge in [0, 0.05) is 13.1 Å². The lowest BCUT2D eigenvalue weighted by Gasteiger charge is -2.34. The Labute approximate surface area is 188 Å². The van der Waals surface area contributed by atoms with Gasteiger partial charge in [-0.3, -0.25) is 9.52 Å². The van der Waals surface area contributed by atoms with E-state index in [4.69, 9.17) is 4.74 Å². The molecule has 0 amide bonds. The quantitative estimate of drug-likeness (QED) is 0.607. The molecule has 0 saturated carbocycles. The lowest BCUT2D eigenvalue weighted by atomic mass is 9.97. The van der Waals surface area contributed by atoms with Crippen LogP contribution in [0.4, 0.5) is 11.4 Å². The molecule has 32 heavy (non-hydrogen) atoms. The van der Waals surface area contributed by atoms with Crippen LogP contribution >= 0.6 is 0 Å². The van der Waals surface area contributed by atoms with Gasteiger partial charge in [-0.15, -0.1) is 0 Å². The molecule has 2 N–H and O–H groups in total. The van der Waals surface area contributed by atoms with E-state index in [9.17, 15) is 23.1 Å². The number of esters is 1. The number of nitrogens with zero attached hydrogens (tertiary/aromatic N) is 1. The monoisotopic (exact) mass is 460 g/mol. The van der Waals surface area contributed by atoms with Crippen LogP contribution in [-0.2, 0) is 19.6 Å². The molecule has 1 atom stereocenters. The van der Waals surface area contributed by atoms with Crippen LogP contribution in [0.2, 0.25) is 0 Å². The van der Waals surface area contributed by atoms with Crippen LogP contribution in [0.15, 0.2) is 41.3 Å². The summed E-state index contributed by atoms with van der Waals surface area (Å²) in [5.41, 5.74) is 2.26. The number of aromatic carboxylic acids is 1. The molecular weight excluding hydrogens is 432 g/mol. The molecule has 1 saturated heterocycles. The Hall–Kier alpha value is -3.07. The standard InChI is InChI=1S/C23H28N2O6S/c1-4-31-23(28)18-6-5-9-25(14-18)21-8-7-17(22(26)27)13-20(21)24-32(29,30)19-11-15(2)10-16(3)12-19/h7-8,10-13,18,24H,4-6,9,14H2,1-3H3,(H,26,27). The van der Waals surface area contributed by atoms with Crippen molar-refractivity contribution in [1.82, 2.24) is 0 Å². The third kappa shape index (κ3) is 5.40. The van der Waals surface area contributed by atoms with E-state index in [1.165, 1.54) is 12.1 Å². The molecule has 0 bridgehead atoms. The van der Waals surface area contributed by atoms with Gasteiger partial charge < -0.3 is 14.7 Å². The number of benzene rings is 2. The number of carbonyl (C=O) groups is 2. The Morgan fingerprint density at radius 1 is 1.16 bits per heavy atom. The summed E-state index contributed by atoms with van der Waals surface area (Å²) in [6, 6.07) is 9.32. The number of aryl methyl sites for hydroxylation is 2. The normalized spacial score (nSPS) is 16.5. The number of carboxylic acid groups (broad SMARTS) is 1. The first kappa shape index (κ1) is 23.6. The molecule has 3 rings (SSSR count). The van der Waals surface area contributed by atoms with Crippen LogP contribution in [0.3, 0.4) is 0 Å². The van der Waals surface area contributed by atoms with Crippen LogP contribution < -0.4 is 9.62 Å². The fourth-order valence-electron chi connectivity index (χ4n) is 3.97. The molecule has 8 nitrogen and oxygen atoms in total. The summed E-state index contributed by atoms with van der Waals surface area (Å²) in [5.74, 6) is -1.77. The average Bonchev–Trinajstić information content (AvgIpc) is 2.73.